The Labute approximate surface area is 180 Å². The predicted molar refractivity (Wildman–Crippen MR) is 122 cm³/mol. The van der Waals surface area contributed by atoms with Gasteiger partial charge in [0, 0.05) is 0 Å². The maximum atomic E-state index is 12.5. The highest BCUT2D eigenvalue weighted by Gasteiger charge is 2.22. The van der Waals surface area contributed by atoms with Crippen LogP contribution in [0.2, 0.25) is 0 Å². The molecule has 0 fully saturated rings. The van der Waals surface area contributed by atoms with Crippen LogP contribution in [0, 0.1) is 6.92 Å². The zero-order chi connectivity index (χ0) is 22.5. The number of nitrogens with one attached hydrogen (secondary N) is 1. The van der Waals surface area contributed by atoms with Crippen LogP contribution in [0.3, 0.4) is 0 Å². The summed E-state index contributed by atoms with van der Waals surface area (Å²) in [7, 11) is -3.62. The Balaban J connectivity index is 2.00. The van der Waals surface area contributed by atoms with Crippen LogP contribution in [-0.2, 0) is 20.2 Å². The normalized spacial score (nSPS) is 12.9. The minimum absolute atomic E-state index is 0.0429. The summed E-state index contributed by atoms with van der Waals surface area (Å²) in [6.07, 6.45) is 1.10. The molecule has 0 spiro atoms. The van der Waals surface area contributed by atoms with E-state index >= 15 is 0 Å². The number of ether oxygens (including phenoxy) is 1. The third-order valence-corrected chi connectivity index (χ3v) is 5.78. The van der Waals surface area contributed by atoms with Crippen LogP contribution in [0.1, 0.15) is 38.8 Å². The van der Waals surface area contributed by atoms with Crippen LogP contribution < -0.4 is 14.4 Å². The van der Waals surface area contributed by atoms with Gasteiger partial charge in [-0.2, -0.15) is 0 Å². The van der Waals surface area contributed by atoms with Crippen LogP contribution in [0.5, 0.6) is 5.75 Å². The SMILES string of the molecule is Cc1ccc(OC[C@H](C)NC(=O)CN(c2ccc(C(C)(C)C)cc2)S(C)(=O)=O)cc1. The summed E-state index contributed by atoms with van der Waals surface area (Å²) in [5.74, 6) is 0.332. The zero-order valence-corrected chi connectivity index (χ0v) is 19.4. The van der Waals surface area contributed by atoms with Gasteiger partial charge in [0.2, 0.25) is 15.9 Å². The number of hydrogen-bond acceptors (Lipinski definition) is 4. The van der Waals surface area contributed by atoms with E-state index in [9.17, 15) is 13.2 Å². The lowest BCUT2D eigenvalue weighted by Gasteiger charge is -2.25. The van der Waals surface area contributed by atoms with E-state index in [-0.39, 0.29) is 30.5 Å². The summed E-state index contributed by atoms with van der Waals surface area (Å²) in [5.41, 5.74) is 2.65. The first-order valence-electron chi connectivity index (χ1n) is 9.93. The van der Waals surface area contributed by atoms with Gasteiger partial charge in [0.05, 0.1) is 18.0 Å². The first kappa shape index (κ1) is 23.7. The van der Waals surface area contributed by atoms with Crippen LogP contribution in [0.4, 0.5) is 5.69 Å². The van der Waals surface area contributed by atoms with Gasteiger partial charge in [-0.05, 0) is 49.1 Å². The van der Waals surface area contributed by atoms with Gasteiger partial charge in [0.15, 0.2) is 0 Å². The third-order valence-electron chi connectivity index (χ3n) is 4.64. The van der Waals surface area contributed by atoms with Gasteiger partial charge in [0.1, 0.15) is 18.9 Å². The van der Waals surface area contributed by atoms with Crippen molar-refractivity contribution in [2.45, 2.75) is 46.1 Å². The highest BCUT2D eigenvalue weighted by Crippen LogP contribution is 2.25. The first-order valence-corrected chi connectivity index (χ1v) is 11.8. The number of benzene rings is 2. The maximum absolute atomic E-state index is 12.5. The number of hydrogen-bond donors (Lipinski definition) is 1. The molecule has 0 radical (unpaired) electrons. The molecule has 6 nitrogen and oxygen atoms in total. The van der Waals surface area contributed by atoms with Crippen molar-refractivity contribution in [3.05, 3.63) is 59.7 Å². The van der Waals surface area contributed by atoms with Crippen molar-refractivity contribution in [3.63, 3.8) is 0 Å². The molecule has 0 aromatic heterocycles. The highest BCUT2D eigenvalue weighted by atomic mass is 32.2. The Hall–Kier alpha value is -2.54. The van der Waals surface area contributed by atoms with Gasteiger partial charge in [-0.1, -0.05) is 50.6 Å². The van der Waals surface area contributed by atoms with Crippen LogP contribution in [-0.4, -0.2) is 39.8 Å². The second kappa shape index (κ2) is 9.51. The van der Waals surface area contributed by atoms with Crippen molar-refractivity contribution in [2.24, 2.45) is 0 Å². The molecule has 0 aliphatic rings. The molecule has 7 heteroatoms. The Bertz CT molecular complexity index is 946. The molecule has 2 aromatic rings. The number of nitrogens with zero attached hydrogens (tertiary/aromatic N) is 1. The second-order valence-electron chi connectivity index (χ2n) is 8.66. The minimum Gasteiger partial charge on any atom is -0.491 e. The van der Waals surface area contributed by atoms with E-state index < -0.39 is 10.0 Å². The molecule has 164 valence electrons. The molecule has 30 heavy (non-hydrogen) atoms. The molecule has 0 aliphatic carbocycles. The quantitative estimate of drug-likeness (QED) is 0.691. The van der Waals surface area contributed by atoms with E-state index in [1.807, 2.05) is 50.2 Å². The summed E-state index contributed by atoms with van der Waals surface area (Å²) in [6, 6.07) is 14.6. The predicted octanol–water partition coefficient (Wildman–Crippen LogP) is 3.64. The molecule has 2 aromatic carbocycles. The van der Waals surface area contributed by atoms with Crippen molar-refractivity contribution < 1.29 is 17.9 Å². The molecule has 0 saturated carbocycles. The smallest absolute Gasteiger partial charge is 0.241 e. The summed E-state index contributed by atoms with van der Waals surface area (Å²) in [6.45, 7) is 10.1. The van der Waals surface area contributed by atoms with Gasteiger partial charge < -0.3 is 10.1 Å². The lowest BCUT2D eigenvalue weighted by Crippen LogP contribution is -2.44. The Morgan fingerprint density at radius 1 is 1.07 bits per heavy atom. The van der Waals surface area contributed by atoms with Crippen LogP contribution in [0.25, 0.3) is 0 Å². The molecule has 1 N–H and O–H groups in total. The van der Waals surface area contributed by atoms with Gasteiger partial charge >= 0.3 is 0 Å². The zero-order valence-electron chi connectivity index (χ0n) is 18.6. The number of amides is 1. The van der Waals surface area contributed by atoms with Crippen molar-refractivity contribution in [1.82, 2.24) is 5.32 Å². The van der Waals surface area contributed by atoms with E-state index in [1.165, 1.54) is 0 Å². The monoisotopic (exact) mass is 432 g/mol. The van der Waals surface area contributed by atoms with E-state index in [4.69, 9.17) is 4.74 Å². The lowest BCUT2D eigenvalue weighted by molar-refractivity contribution is -0.120. The van der Waals surface area contributed by atoms with Crippen molar-refractivity contribution in [1.29, 1.82) is 0 Å². The average molecular weight is 433 g/mol. The first-order chi connectivity index (χ1) is 13.9. The molecule has 1 amide bonds. The molecule has 0 heterocycles. The van der Waals surface area contributed by atoms with Gasteiger partial charge in [-0.25, -0.2) is 8.42 Å². The second-order valence-corrected chi connectivity index (χ2v) is 10.6. The molecule has 0 aliphatic heterocycles. The maximum Gasteiger partial charge on any atom is 0.241 e. The Kier molecular flexibility index (Phi) is 7.53. The van der Waals surface area contributed by atoms with Crippen LogP contribution >= 0.6 is 0 Å². The molecule has 2 rings (SSSR count). The molecular formula is C23H32N2O4S. The summed E-state index contributed by atoms with van der Waals surface area (Å²) >= 11 is 0. The standard InChI is InChI=1S/C23H32N2O4S/c1-17-7-13-21(14-8-17)29-16-18(2)24-22(26)15-25(30(6,27)28)20-11-9-19(10-12-20)23(3,4)5/h7-14,18H,15-16H2,1-6H3,(H,24,26)/t18-/m0/s1. The molecule has 0 bridgehead atoms. The van der Waals surface area contributed by atoms with Gasteiger partial charge in [-0.3, -0.25) is 9.10 Å². The topological polar surface area (TPSA) is 75.7 Å². The summed E-state index contributed by atoms with van der Waals surface area (Å²) in [5, 5.41) is 2.80. The molecule has 0 unspecified atom stereocenters. The van der Waals surface area contributed by atoms with Crippen molar-refractivity contribution in [3.8, 4) is 5.75 Å². The number of carbonyl (C=O) groups is 1. The van der Waals surface area contributed by atoms with Crippen LogP contribution in [0.15, 0.2) is 48.5 Å². The lowest BCUT2D eigenvalue weighted by atomic mass is 9.87. The van der Waals surface area contributed by atoms with Crippen molar-refractivity contribution >= 4 is 21.6 Å². The number of aryl methyl sites for hydroxylation is 1. The molecule has 1 atom stereocenters. The molecular weight excluding hydrogens is 400 g/mol. The Morgan fingerprint density at radius 2 is 1.63 bits per heavy atom. The fraction of sp³-hybridized carbons (Fsp3) is 0.435. The van der Waals surface area contributed by atoms with E-state index in [0.29, 0.717) is 5.69 Å². The number of carbonyl (C=O) groups excluding carboxylic acids is 1. The highest BCUT2D eigenvalue weighted by molar-refractivity contribution is 7.92. The molecule has 0 saturated heterocycles. The summed E-state index contributed by atoms with van der Waals surface area (Å²) in [4.78, 5) is 12.5. The average Bonchev–Trinajstić information content (AvgIpc) is 2.64. The summed E-state index contributed by atoms with van der Waals surface area (Å²) < 4.78 is 31.4. The van der Waals surface area contributed by atoms with E-state index in [0.717, 1.165) is 27.4 Å². The van der Waals surface area contributed by atoms with Gasteiger partial charge in [-0.15, -0.1) is 0 Å². The van der Waals surface area contributed by atoms with E-state index in [2.05, 4.69) is 26.1 Å². The van der Waals surface area contributed by atoms with Crippen molar-refractivity contribution in [2.75, 3.05) is 23.7 Å². The Morgan fingerprint density at radius 3 is 2.13 bits per heavy atom. The van der Waals surface area contributed by atoms with Gasteiger partial charge in [0.25, 0.3) is 0 Å². The number of rotatable bonds is 8. The number of anilines is 1. The minimum atomic E-state index is -3.62. The number of sulfonamides is 1. The third kappa shape index (κ3) is 7.06. The fourth-order valence-corrected chi connectivity index (χ4v) is 3.73. The van der Waals surface area contributed by atoms with E-state index in [1.54, 1.807) is 12.1 Å². The largest absolute Gasteiger partial charge is 0.491 e. The fourth-order valence-electron chi connectivity index (χ4n) is 2.88.